The van der Waals surface area contributed by atoms with Gasteiger partial charge >= 0.3 is 6.18 Å². The van der Waals surface area contributed by atoms with Gasteiger partial charge in [0.25, 0.3) is 0 Å². The van der Waals surface area contributed by atoms with Gasteiger partial charge in [-0.25, -0.2) is 0 Å². The number of alkyl halides is 3. The monoisotopic (exact) mass is 151 g/mol. The maximum Gasteiger partial charge on any atom is 0.433 e. The van der Waals surface area contributed by atoms with Gasteiger partial charge in [0.2, 0.25) is 0 Å². The van der Waals surface area contributed by atoms with Gasteiger partial charge in [-0.2, -0.15) is 13.2 Å². The first-order chi connectivity index (χ1) is 4.50. The van der Waals surface area contributed by atoms with Crippen LogP contribution in [0.1, 0.15) is 0 Å². The lowest BCUT2D eigenvalue weighted by molar-refractivity contribution is -0.0960. The summed E-state index contributed by atoms with van der Waals surface area (Å²) < 4.78 is 35.2. The molecule has 0 aromatic carbocycles. The summed E-state index contributed by atoms with van der Waals surface area (Å²) in [6.45, 7) is 0.175. The molecule has 0 spiro atoms. The standard InChI is InChI=1S/C5H6F3N2/c1-10-2-4(9-3-10)5(6,7)8/h9H,3H2,1H3. The first-order valence-electron chi connectivity index (χ1n) is 2.66. The Balaban J connectivity index is 2.67. The zero-order chi connectivity index (χ0) is 7.78. The van der Waals surface area contributed by atoms with Gasteiger partial charge in [-0.15, -0.1) is 0 Å². The maximum absolute atomic E-state index is 11.7. The molecular weight excluding hydrogens is 145 g/mol. The Labute approximate surface area is 56.3 Å². The van der Waals surface area contributed by atoms with E-state index in [-0.39, 0.29) is 6.67 Å². The van der Waals surface area contributed by atoms with Crippen molar-refractivity contribution in [2.75, 3.05) is 13.7 Å². The van der Waals surface area contributed by atoms with Gasteiger partial charge < -0.3 is 10.2 Å². The summed E-state index contributed by atoms with van der Waals surface area (Å²) in [7, 11) is 1.52. The lowest BCUT2D eigenvalue weighted by Gasteiger charge is -2.05. The first kappa shape index (κ1) is 7.24. The SMILES string of the molecule is CN1[C]=C(C(F)(F)F)NC1. The minimum absolute atomic E-state index is 0.175. The van der Waals surface area contributed by atoms with E-state index < -0.39 is 11.9 Å². The first-order valence-corrected chi connectivity index (χ1v) is 2.66. The number of halogens is 3. The number of allylic oxidation sites excluding steroid dienone is 1. The van der Waals surface area contributed by atoms with Crippen molar-refractivity contribution in [3.8, 4) is 0 Å². The predicted octanol–water partition coefficient (Wildman–Crippen LogP) is 0.686. The summed E-state index contributed by atoms with van der Waals surface area (Å²) in [4.78, 5) is 1.31. The van der Waals surface area contributed by atoms with Gasteiger partial charge in [0.1, 0.15) is 5.70 Å². The number of hydrogen-bond donors (Lipinski definition) is 1. The van der Waals surface area contributed by atoms with Crippen LogP contribution in [0.4, 0.5) is 13.2 Å². The molecular formula is C5H6F3N2. The number of hydrogen-bond acceptors (Lipinski definition) is 2. The van der Waals surface area contributed by atoms with Crippen LogP contribution in [0.3, 0.4) is 0 Å². The summed E-state index contributed by atoms with van der Waals surface area (Å²) in [5.41, 5.74) is -0.796. The van der Waals surface area contributed by atoms with Gasteiger partial charge in [-0.1, -0.05) is 0 Å². The average molecular weight is 151 g/mol. The molecule has 0 aromatic heterocycles. The Hall–Kier alpha value is -0.870. The summed E-state index contributed by atoms with van der Waals surface area (Å²) >= 11 is 0. The van der Waals surface area contributed by atoms with Crippen LogP contribution in [0.15, 0.2) is 5.70 Å². The van der Waals surface area contributed by atoms with Crippen molar-refractivity contribution in [1.82, 2.24) is 10.2 Å². The fourth-order valence-electron chi connectivity index (χ4n) is 0.631. The summed E-state index contributed by atoms with van der Waals surface area (Å²) in [5, 5.41) is 2.15. The smallest absolute Gasteiger partial charge is 0.362 e. The maximum atomic E-state index is 11.7. The van der Waals surface area contributed by atoms with Crippen LogP contribution in [0.5, 0.6) is 0 Å². The molecule has 0 aliphatic carbocycles. The molecule has 0 bridgehead atoms. The molecule has 1 heterocycles. The zero-order valence-electron chi connectivity index (χ0n) is 5.29. The van der Waals surface area contributed by atoms with Gasteiger partial charge in [0.15, 0.2) is 0 Å². The van der Waals surface area contributed by atoms with Gasteiger partial charge in [-0.05, 0) is 0 Å². The van der Waals surface area contributed by atoms with Crippen molar-refractivity contribution < 1.29 is 13.2 Å². The molecule has 0 aromatic rings. The normalized spacial score (nSPS) is 18.8. The molecule has 5 heteroatoms. The molecule has 0 fully saturated rings. The molecule has 0 amide bonds. The van der Waals surface area contributed by atoms with E-state index in [0.717, 1.165) is 0 Å². The van der Waals surface area contributed by atoms with Gasteiger partial charge in [0, 0.05) is 7.05 Å². The second-order valence-electron chi connectivity index (χ2n) is 2.02. The zero-order valence-corrected chi connectivity index (χ0v) is 5.29. The van der Waals surface area contributed by atoms with Crippen LogP contribution in [0, 0.1) is 6.20 Å². The largest absolute Gasteiger partial charge is 0.433 e. The third kappa shape index (κ3) is 1.34. The lowest BCUT2D eigenvalue weighted by Crippen LogP contribution is -2.24. The molecule has 0 unspecified atom stereocenters. The Morgan fingerprint density at radius 3 is 2.40 bits per heavy atom. The van der Waals surface area contributed by atoms with E-state index in [9.17, 15) is 13.2 Å². The molecule has 0 atom stereocenters. The third-order valence-electron chi connectivity index (χ3n) is 1.08. The Morgan fingerprint density at radius 1 is 1.60 bits per heavy atom. The van der Waals surface area contributed by atoms with Crippen LogP contribution in [0.25, 0.3) is 0 Å². The molecule has 1 N–H and O–H groups in total. The molecule has 0 saturated heterocycles. The summed E-state index contributed by atoms with van der Waals surface area (Å²) in [5.74, 6) is 0. The summed E-state index contributed by atoms with van der Waals surface area (Å²) in [6, 6.07) is 0. The molecule has 2 nitrogen and oxygen atoms in total. The highest BCUT2D eigenvalue weighted by atomic mass is 19.4. The Kier molecular flexibility index (Phi) is 1.50. The van der Waals surface area contributed by atoms with E-state index in [1.54, 1.807) is 0 Å². The molecule has 10 heavy (non-hydrogen) atoms. The fourth-order valence-corrected chi connectivity index (χ4v) is 0.631. The molecule has 0 saturated carbocycles. The fraction of sp³-hybridized carbons (Fsp3) is 0.600. The third-order valence-corrected chi connectivity index (χ3v) is 1.08. The molecule has 1 aliphatic rings. The highest BCUT2D eigenvalue weighted by Gasteiger charge is 2.36. The second-order valence-corrected chi connectivity index (χ2v) is 2.02. The average Bonchev–Trinajstić information content (AvgIpc) is 2.11. The quantitative estimate of drug-likeness (QED) is 0.547. The molecule has 1 radical (unpaired) electrons. The van der Waals surface area contributed by atoms with Crippen molar-refractivity contribution in [1.29, 1.82) is 0 Å². The predicted molar refractivity (Wildman–Crippen MR) is 28.6 cm³/mol. The minimum atomic E-state index is -4.29. The van der Waals surface area contributed by atoms with Gasteiger partial charge in [0.05, 0.1) is 12.9 Å². The number of nitrogens with one attached hydrogen (secondary N) is 1. The van der Waals surface area contributed by atoms with Crippen molar-refractivity contribution >= 4 is 0 Å². The van der Waals surface area contributed by atoms with Crippen LogP contribution in [-0.4, -0.2) is 24.8 Å². The van der Waals surface area contributed by atoms with E-state index >= 15 is 0 Å². The highest BCUT2D eigenvalue weighted by Crippen LogP contribution is 2.24. The van der Waals surface area contributed by atoms with Crippen molar-refractivity contribution in [3.05, 3.63) is 11.9 Å². The molecule has 57 valence electrons. The van der Waals surface area contributed by atoms with Gasteiger partial charge in [-0.3, -0.25) is 0 Å². The highest BCUT2D eigenvalue weighted by molar-refractivity contribution is 5.05. The topological polar surface area (TPSA) is 15.3 Å². The van der Waals surface area contributed by atoms with Crippen molar-refractivity contribution in [2.24, 2.45) is 0 Å². The van der Waals surface area contributed by atoms with E-state index in [1.807, 2.05) is 0 Å². The van der Waals surface area contributed by atoms with Crippen LogP contribution in [0.2, 0.25) is 0 Å². The van der Waals surface area contributed by atoms with E-state index in [2.05, 4.69) is 11.5 Å². The van der Waals surface area contributed by atoms with Crippen molar-refractivity contribution in [2.45, 2.75) is 6.18 Å². The second kappa shape index (κ2) is 2.07. The molecule has 1 aliphatic heterocycles. The van der Waals surface area contributed by atoms with Crippen molar-refractivity contribution in [3.63, 3.8) is 0 Å². The van der Waals surface area contributed by atoms with E-state index in [4.69, 9.17) is 0 Å². The van der Waals surface area contributed by atoms with E-state index in [1.165, 1.54) is 11.9 Å². The summed E-state index contributed by atoms with van der Waals surface area (Å²) in [6.07, 6.45) is -2.18. The van der Waals surface area contributed by atoms with Crippen LogP contribution >= 0.6 is 0 Å². The van der Waals surface area contributed by atoms with Crippen LogP contribution in [-0.2, 0) is 0 Å². The van der Waals surface area contributed by atoms with Crippen LogP contribution < -0.4 is 5.32 Å². The van der Waals surface area contributed by atoms with E-state index in [0.29, 0.717) is 0 Å². The number of nitrogens with zero attached hydrogens (tertiary/aromatic N) is 1. The lowest BCUT2D eigenvalue weighted by atomic mass is 10.5. The minimum Gasteiger partial charge on any atom is -0.362 e. The number of rotatable bonds is 0. The Morgan fingerprint density at radius 2 is 2.20 bits per heavy atom. The Bertz CT molecular complexity index is 161. The molecule has 1 rings (SSSR count).